The average molecular weight is 497 g/mol. The van der Waals surface area contributed by atoms with E-state index in [4.69, 9.17) is 5.73 Å². The number of nitrogens with zero attached hydrogens (tertiary/aromatic N) is 4. The highest BCUT2D eigenvalue weighted by atomic mass is 127. The zero-order valence-corrected chi connectivity index (χ0v) is 18.8. The van der Waals surface area contributed by atoms with Gasteiger partial charge in [-0.1, -0.05) is 24.3 Å². The van der Waals surface area contributed by atoms with Crippen molar-refractivity contribution in [3.05, 3.63) is 65.5 Å². The van der Waals surface area contributed by atoms with Gasteiger partial charge < -0.3 is 20.4 Å². The first kappa shape index (κ1) is 22.4. The molecule has 0 saturated carbocycles. The average Bonchev–Trinajstić information content (AvgIpc) is 2.67. The van der Waals surface area contributed by atoms with E-state index in [9.17, 15) is 4.39 Å². The van der Waals surface area contributed by atoms with E-state index in [2.05, 4.69) is 58.1 Å². The molecule has 0 unspecified atom stereocenters. The number of anilines is 1. The molecule has 7 heteroatoms. The molecular weight excluding hydrogens is 468 g/mol. The van der Waals surface area contributed by atoms with Crippen molar-refractivity contribution in [2.24, 2.45) is 10.7 Å². The molecule has 0 radical (unpaired) electrons. The number of halogens is 2. The predicted octanol–water partition coefficient (Wildman–Crippen LogP) is 3.14. The summed E-state index contributed by atoms with van der Waals surface area (Å²) in [6.45, 7) is 4.85. The van der Waals surface area contributed by atoms with E-state index in [0.29, 0.717) is 12.5 Å². The minimum Gasteiger partial charge on any atom is -0.370 e. The highest BCUT2D eigenvalue weighted by molar-refractivity contribution is 14.0. The van der Waals surface area contributed by atoms with Crippen LogP contribution >= 0.6 is 24.0 Å². The summed E-state index contributed by atoms with van der Waals surface area (Å²) in [6, 6.07) is 15.2. The summed E-state index contributed by atoms with van der Waals surface area (Å²) in [7, 11) is 4.13. The van der Waals surface area contributed by atoms with Crippen LogP contribution in [0.5, 0.6) is 0 Å². The zero-order chi connectivity index (χ0) is 19.2. The van der Waals surface area contributed by atoms with Crippen LogP contribution in [0.25, 0.3) is 0 Å². The molecule has 152 valence electrons. The molecule has 1 saturated heterocycles. The minimum absolute atomic E-state index is 0. The monoisotopic (exact) mass is 497 g/mol. The van der Waals surface area contributed by atoms with Gasteiger partial charge in [0, 0.05) is 38.4 Å². The van der Waals surface area contributed by atoms with E-state index in [1.165, 1.54) is 17.7 Å². The summed E-state index contributed by atoms with van der Waals surface area (Å²) in [5.74, 6) is 0.384. The van der Waals surface area contributed by atoms with Crippen molar-refractivity contribution < 1.29 is 4.39 Å². The topological polar surface area (TPSA) is 48.1 Å². The Balaban J connectivity index is 0.00000280. The first-order chi connectivity index (χ1) is 13.0. The van der Waals surface area contributed by atoms with Gasteiger partial charge in [-0.25, -0.2) is 9.38 Å². The van der Waals surface area contributed by atoms with Crippen LogP contribution in [-0.4, -0.2) is 56.0 Å². The van der Waals surface area contributed by atoms with Gasteiger partial charge in [-0.05, 0) is 49.5 Å². The molecule has 1 aliphatic rings. The van der Waals surface area contributed by atoms with Crippen LogP contribution in [0.3, 0.4) is 0 Å². The number of hydrogen-bond acceptors (Lipinski definition) is 3. The number of aliphatic imine (C=N–C) groups is 1. The van der Waals surface area contributed by atoms with Crippen molar-refractivity contribution in [2.45, 2.75) is 13.1 Å². The van der Waals surface area contributed by atoms with Gasteiger partial charge in [-0.3, -0.25) is 0 Å². The third-order valence-corrected chi connectivity index (χ3v) is 4.74. The van der Waals surface area contributed by atoms with Crippen LogP contribution in [0, 0.1) is 5.82 Å². The summed E-state index contributed by atoms with van der Waals surface area (Å²) >= 11 is 0. The molecule has 2 N–H and O–H groups in total. The van der Waals surface area contributed by atoms with Crippen LogP contribution in [0.15, 0.2) is 53.5 Å². The summed E-state index contributed by atoms with van der Waals surface area (Å²) in [6.07, 6.45) is 0. The van der Waals surface area contributed by atoms with E-state index in [0.717, 1.165) is 44.0 Å². The van der Waals surface area contributed by atoms with Crippen molar-refractivity contribution >= 4 is 35.6 Å². The number of nitrogens with two attached hydrogens (primary N) is 1. The first-order valence-electron chi connectivity index (χ1n) is 9.29. The number of rotatable bonds is 5. The standard InChI is InChI=1S/C21H28FN5.HI/c1-25(2)16-18-5-3-17(4-6-18)15-24-21(23)27-13-11-26(12-14-27)20-9-7-19(22)8-10-20;/h3-10H,11-16H2,1-2H3,(H2,23,24);1H. The van der Waals surface area contributed by atoms with Gasteiger partial charge in [0.2, 0.25) is 0 Å². The minimum atomic E-state index is -0.205. The number of benzene rings is 2. The van der Waals surface area contributed by atoms with E-state index in [1.54, 1.807) is 0 Å². The molecule has 3 rings (SSSR count). The molecule has 0 amide bonds. The van der Waals surface area contributed by atoms with Crippen molar-refractivity contribution in [2.75, 3.05) is 45.2 Å². The summed E-state index contributed by atoms with van der Waals surface area (Å²) in [4.78, 5) is 11.1. The molecule has 0 aromatic heterocycles. The maximum atomic E-state index is 13.1. The molecule has 1 aliphatic heterocycles. The Bertz CT molecular complexity index is 753. The van der Waals surface area contributed by atoms with Gasteiger partial charge in [0.05, 0.1) is 6.54 Å². The number of guanidine groups is 1. The van der Waals surface area contributed by atoms with Gasteiger partial charge in [-0.2, -0.15) is 0 Å². The van der Waals surface area contributed by atoms with E-state index >= 15 is 0 Å². The molecule has 2 aromatic carbocycles. The SMILES string of the molecule is CN(C)Cc1ccc(CN=C(N)N2CCN(c3ccc(F)cc3)CC2)cc1.I. The van der Waals surface area contributed by atoms with E-state index < -0.39 is 0 Å². The second-order valence-corrected chi connectivity index (χ2v) is 7.18. The second-order valence-electron chi connectivity index (χ2n) is 7.18. The Morgan fingerprint density at radius 2 is 1.54 bits per heavy atom. The molecule has 5 nitrogen and oxygen atoms in total. The molecule has 1 heterocycles. The third-order valence-electron chi connectivity index (χ3n) is 4.74. The largest absolute Gasteiger partial charge is 0.370 e. The summed E-state index contributed by atoms with van der Waals surface area (Å²) in [5.41, 5.74) is 9.69. The van der Waals surface area contributed by atoms with Gasteiger partial charge >= 0.3 is 0 Å². The third kappa shape index (κ3) is 6.34. The first-order valence-corrected chi connectivity index (χ1v) is 9.29. The van der Waals surface area contributed by atoms with Crippen LogP contribution in [0.4, 0.5) is 10.1 Å². The van der Waals surface area contributed by atoms with Crippen molar-refractivity contribution in [3.8, 4) is 0 Å². The number of piperazine rings is 1. The normalized spacial score (nSPS) is 14.9. The van der Waals surface area contributed by atoms with Gasteiger partial charge in [0.1, 0.15) is 5.82 Å². The highest BCUT2D eigenvalue weighted by Crippen LogP contribution is 2.17. The van der Waals surface area contributed by atoms with Crippen molar-refractivity contribution in [3.63, 3.8) is 0 Å². The lowest BCUT2D eigenvalue weighted by Crippen LogP contribution is -2.51. The lowest BCUT2D eigenvalue weighted by Gasteiger charge is -2.36. The van der Waals surface area contributed by atoms with Crippen LogP contribution in [0.1, 0.15) is 11.1 Å². The maximum absolute atomic E-state index is 13.1. The van der Waals surface area contributed by atoms with Gasteiger partial charge in [-0.15, -0.1) is 24.0 Å². The lowest BCUT2D eigenvalue weighted by atomic mass is 10.1. The van der Waals surface area contributed by atoms with Crippen LogP contribution < -0.4 is 10.6 Å². The van der Waals surface area contributed by atoms with Crippen molar-refractivity contribution in [1.82, 2.24) is 9.80 Å². The Morgan fingerprint density at radius 3 is 2.11 bits per heavy atom. The molecule has 0 atom stereocenters. The molecular formula is C21H29FIN5. The van der Waals surface area contributed by atoms with Gasteiger partial charge in [0.25, 0.3) is 0 Å². The highest BCUT2D eigenvalue weighted by Gasteiger charge is 2.18. The fourth-order valence-corrected chi connectivity index (χ4v) is 3.23. The van der Waals surface area contributed by atoms with Crippen molar-refractivity contribution in [1.29, 1.82) is 0 Å². The zero-order valence-electron chi connectivity index (χ0n) is 16.5. The molecule has 1 fully saturated rings. The quantitative estimate of drug-likeness (QED) is 0.392. The molecule has 28 heavy (non-hydrogen) atoms. The van der Waals surface area contributed by atoms with Crippen LogP contribution in [0.2, 0.25) is 0 Å². The fourth-order valence-electron chi connectivity index (χ4n) is 3.23. The smallest absolute Gasteiger partial charge is 0.191 e. The van der Waals surface area contributed by atoms with Crippen LogP contribution in [-0.2, 0) is 13.1 Å². The van der Waals surface area contributed by atoms with E-state index in [-0.39, 0.29) is 29.8 Å². The van der Waals surface area contributed by atoms with Gasteiger partial charge in [0.15, 0.2) is 5.96 Å². The lowest BCUT2D eigenvalue weighted by molar-refractivity contribution is 0.380. The summed E-state index contributed by atoms with van der Waals surface area (Å²) < 4.78 is 13.1. The molecule has 0 spiro atoms. The Hall–Kier alpha value is -1.87. The molecule has 0 aliphatic carbocycles. The maximum Gasteiger partial charge on any atom is 0.191 e. The number of hydrogen-bond donors (Lipinski definition) is 1. The Kier molecular flexibility index (Phi) is 8.50. The Labute approximate surface area is 184 Å². The fraction of sp³-hybridized carbons (Fsp3) is 0.381. The summed E-state index contributed by atoms with van der Waals surface area (Å²) in [5, 5.41) is 0. The second kappa shape index (κ2) is 10.6. The van der Waals surface area contributed by atoms with E-state index in [1.807, 2.05) is 12.1 Å². The molecule has 2 aromatic rings. The predicted molar refractivity (Wildman–Crippen MR) is 125 cm³/mol. The molecule has 0 bridgehead atoms. The Morgan fingerprint density at radius 1 is 0.964 bits per heavy atom.